The van der Waals surface area contributed by atoms with Crippen molar-refractivity contribution in [2.75, 3.05) is 11.9 Å². The standard InChI is InChI=1S/C20H19NO5S/c1-2-25-16-10-8-15(9-11-16)21-20(22)19-13-12-17(26-19)14-27(23,24)18-6-4-3-5-7-18/h3-13H,2,14H2,1H3,(H,21,22). The minimum absolute atomic E-state index is 0.0437. The molecule has 1 N–H and O–H groups in total. The number of sulfone groups is 1. The fourth-order valence-electron chi connectivity index (χ4n) is 2.47. The number of furan rings is 1. The van der Waals surface area contributed by atoms with E-state index >= 15 is 0 Å². The summed E-state index contributed by atoms with van der Waals surface area (Å²) in [6.07, 6.45) is 0. The summed E-state index contributed by atoms with van der Waals surface area (Å²) in [5, 5.41) is 2.70. The minimum atomic E-state index is -3.53. The normalized spacial score (nSPS) is 11.1. The third-order valence-electron chi connectivity index (χ3n) is 3.74. The zero-order valence-electron chi connectivity index (χ0n) is 14.7. The van der Waals surface area contributed by atoms with Gasteiger partial charge in [0.1, 0.15) is 17.3 Å². The lowest BCUT2D eigenvalue weighted by Crippen LogP contribution is -2.11. The van der Waals surface area contributed by atoms with Crippen LogP contribution in [0.25, 0.3) is 0 Å². The predicted octanol–water partition coefficient (Wildman–Crippen LogP) is 3.90. The van der Waals surface area contributed by atoms with Gasteiger partial charge in [0.05, 0.1) is 11.5 Å². The molecule has 1 aromatic heterocycles. The maximum atomic E-state index is 12.4. The molecule has 0 aliphatic rings. The molecule has 0 aliphatic heterocycles. The Morgan fingerprint density at radius 3 is 2.37 bits per heavy atom. The zero-order valence-corrected chi connectivity index (χ0v) is 15.5. The van der Waals surface area contributed by atoms with Crippen LogP contribution in [0.5, 0.6) is 5.75 Å². The van der Waals surface area contributed by atoms with Gasteiger partial charge in [-0.3, -0.25) is 4.79 Å². The first-order valence-corrected chi connectivity index (χ1v) is 10.0. The monoisotopic (exact) mass is 385 g/mol. The molecule has 0 bridgehead atoms. The second-order valence-corrected chi connectivity index (χ2v) is 7.74. The van der Waals surface area contributed by atoms with E-state index in [1.165, 1.54) is 24.3 Å². The maximum absolute atomic E-state index is 12.4. The highest BCUT2D eigenvalue weighted by atomic mass is 32.2. The van der Waals surface area contributed by atoms with Crippen LogP contribution >= 0.6 is 0 Å². The van der Waals surface area contributed by atoms with Crippen molar-refractivity contribution in [3.63, 3.8) is 0 Å². The smallest absolute Gasteiger partial charge is 0.291 e. The van der Waals surface area contributed by atoms with Crippen molar-refractivity contribution in [2.24, 2.45) is 0 Å². The predicted molar refractivity (Wildman–Crippen MR) is 102 cm³/mol. The number of hydrogen-bond donors (Lipinski definition) is 1. The van der Waals surface area contributed by atoms with E-state index in [1.54, 1.807) is 42.5 Å². The molecule has 3 rings (SSSR count). The van der Waals surface area contributed by atoms with Gasteiger partial charge in [-0.05, 0) is 55.5 Å². The van der Waals surface area contributed by atoms with Gasteiger partial charge in [0.15, 0.2) is 15.6 Å². The van der Waals surface area contributed by atoms with Gasteiger partial charge in [-0.1, -0.05) is 18.2 Å². The van der Waals surface area contributed by atoms with Gasteiger partial charge in [-0.15, -0.1) is 0 Å². The molecule has 1 amide bonds. The maximum Gasteiger partial charge on any atom is 0.291 e. The van der Waals surface area contributed by atoms with Crippen molar-refractivity contribution in [1.29, 1.82) is 0 Å². The third kappa shape index (κ3) is 4.77. The zero-order chi connectivity index (χ0) is 19.3. The SMILES string of the molecule is CCOc1ccc(NC(=O)c2ccc(CS(=O)(=O)c3ccccc3)o2)cc1. The number of benzene rings is 2. The van der Waals surface area contributed by atoms with Crippen LogP contribution in [0, 0.1) is 0 Å². The van der Waals surface area contributed by atoms with Gasteiger partial charge in [0.25, 0.3) is 5.91 Å². The van der Waals surface area contributed by atoms with Crippen LogP contribution in [0.3, 0.4) is 0 Å². The molecule has 0 fully saturated rings. The highest BCUT2D eigenvalue weighted by Crippen LogP contribution is 2.20. The molecule has 3 aromatic rings. The molecule has 2 aromatic carbocycles. The van der Waals surface area contributed by atoms with Crippen LogP contribution in [0.1, 0.15) is 23.2 Å². The van der Waals surface area contributed by atoms with Gasteiger partial charge in [-0.2, -0.15) is 0 Å². The topological polar surface area (TPSA) is 85.6 Å². The first kappa shape index (κ1) is 18.7. The quantitative estimate of drug-likeness (QED) is 0.667. The number of rotatable bonds is 7. The number of hydrogen-bond acceptors (Lipinski definition) is 5. The first-order chi connectivity index (χ1) is 13.0. The van der Waals surface area contributed by atoms with Gasteiger partial charge in [0.2, 0.25) is 0 Å². The van der Waals surface area contributed by atoms with Crippen LogP contribution in [-0.2, 0) is 15.6 Å². The Morgan fingerprint density at radius 1 is 1.00 bits per heavy atom. The van der Waals surface area contributed by atoms with Crippen molar-refractivity contribution in [2.45, 2.75) is 17.6 Å². The molecule has 0 aliphatic carbocycles. The molecule has 7 heteroatoms. The highest BCUT2D eigenvalue weighted by Gasteiger charge is 2.19. The number of anilines is 1. The molecule has 0 atom stereocenters. The fourth-order valence-corrected chi connectivity index (χ4v) is 3.74. The Morgan fingerprint density at radius 2 is 1.70 bits per heavy atom. The van der Waals surface area contributed by atoms with Gasteiger partial charge < -0.3 is 14.5 Å². The molecule has 0 spiro atoms. The molecule has 140 valence electrons. The van der Waals surface area contributed by atoms with Crippen LogP contribution in [0.15, 0.2) is 76.0 Å². The number of carbonyl (C=O) groups is 1. The van der Waals surface area contributed by atoms with E-state index in [1.807, 2.05) is 6.92 Å². The van der Waals surface area contributed by atoms with E-state index in [0.717, 1.165) is 0 Å². The van der Waals surface area contributed by atoms with E-state index in [9.17, 15) is 13.2 Å². The lowest BCUT2D eigenvalue weighted by atomic mass is 10.3. The van der Waals surface area contributed by atoms with Gasteiger partial charge in [0, 0.05) is 5.69 Å². The van der Waals surface area contributed by atoms with Gasteiger partial charge >= 0.3 is 0 Å². The largest absolute Gasteiger partial charge is 0.494 e. The van der Waals surface area contributed by atoms with E-state index in [2.05, 4.69) is 5.32 Å². The molecular weight excluding hydrogens is 366 g/mol. The van der Waals surface area contributed by atoms with Crippen molar-refractivity contribution in [1.82, 2.24) is 0 Å². The van der Waals surface area contributed by atoms with Crippen molar-refractivity contribution < 1.29 is 22.4 Å². The molecular formula is C20H19NO5S. The van der Waals surface area contributed by atoms with Gasteiger partial charge in [-0.25, -0.2) is 8.42 Å². The summed E-state index contributed by atoms with van der Waals surface area (Å²) in [7, 11) is -3.53. The summed E-state index contributed by atoms with van der Waals surface area (Å²) in [6, 6.07) is 18.0. The fraction of sp³-hybridized carbons (Fsp3) is 0.150. The summed E-state index contributed by atoms with van der Waals surface area (Å²) in [6.45, 7) is 2.45. The Hall–Kier alpha value is -3.06. The molecule has 0 saturated carbocycles. The number of ether oxygens (including phenoxy) is 1. The van der Waals surface area contributed by atoms with Crippen molar-refractivity contribution in [3.05, 3.63) is 78.3 Å². The average molecular weight is 385 g/mol. The van der Waals surface area contributed by atoms with E-state index < -0.39 is 15.7 Å². The number of nitrogens with one attached hydrogen (secondary N) is 1. The van der Waals surface area contributed by atoms with Crippen LogP contribution < -0.4 is 10.1 Å². The second kappa shape index (κ2) is 8.09. The number of amides is 1. The van der Waals surface area contributed by atoms with Crippen molar-refractivity contribution >= 4 is 21.4 Å². The summed E-state index contributed by atoms with van der Waals surface area (Å²) in [5.41, 5.74) is 0.582. The summed E-state index contributed by atoms with van der Waals surface area (Å²) in [5.74, 6) is 0.190. The Bertz CT molecular complexity index is 1010. The minimum Gasteiger partial charge on any atom is -0.494 e. The molecule has 1 heterocycles. The van der Waals surface area contributed by atoms with E-state index in [0.29, 0.717) is 18.0 Å². The molecule has 0 radical (unpaired) electrons. The van der Waals surface area contributed by atoms with Crippen LogP contribution in [-0.4, -0.2) is 20.9 Å². The lowest BCUT2D eigenvalue weighted by molar-refractivity contribution is 0.0995. The lowest BCUT2D eigenvalue weighted by Gasteiger charge is -2.06. The molecule has 0 unspecified atom stereocenters. The van der Waals surface area contributed by atoms with E-state index in [-0.39, 0.29) is 22.2 Å². The second-order valence-electron chi connectivity index (χ2n) is 5.75. The Labute approximate surface area is 157 Å². The summed E-state index contributed by atoms with van der Waals surface area (Å²) >= 11 is 0. The average Bonchev–Trinajstić information content (AvgIpc) is 3.12. The van der Waals surface area contributed by atoms with Crippen molar-refractivity contribution in [3.8, 4) is 5.75 Å². The molecule has 6 nitrogen and oxygen atoms in total. The third-order valence-corrected chi connectivity index (χ3v) is 5.40. The number of carbonyl (C=O) groups excluding carboxylic acids is 1. The molecule has 0 saturated heterocycles. The summed E-state index contributed by atoms with van der Waals surface area (Å²) < 4.78 is 35.5. The summed E-state index contributed by atoms with van der Waals surface area (Å²) in [4.78, 5) is 12.5. The van der Waals surface area contributed by atoms with Crippen LogP contribution in [0.2, 0.25) is 0 Å². The Kier molecular flexibility index (Phi) is 5.61. The van der Waals surface area contributed by atoms with Crippen LogP contribution in [0.4, 0.5) is 5.69 Å². The van der Waals surface area contributed by atoms with E-state index in [4.69, 9.17) is 9.15 Å². The first-order valence-electron chi connectivity index (χ1n) is 8.38. The Balaban J connectivity index is 1.67. The molecule has 27 heavy (non-hydrogen) atoms. The highest BCUT2D eigenvalue weighted by molar-refractivity contribution is 7.90.